The summed E-state index contributed by atoms with van der Waals surface area (Å²) in [6, 6.07) is 6.73. The number of rotatable bonds is 1. The fourth-order valence-electron chi connectivity index (χ4n) is 2.03. The molecule has 1 aromatic carbocycles. The SMILES string of the molecule is CC1CS[CH]CN1c1ccc2c(c1)OCO2. The topological polar surface area (TPSA) is 21.7 Å². The van der Waals surface area contributed by atoms with Crippen LogP contribution in [0.1, 0.15) is 6.92 Å². The van der Waals surface area contributed by atoms with Crippen molar-refractivity contribution in [2.45, 2.75) is 13.0 Å². The smallest absolute Gasteiger partial charge is 0.231 e. The van der Waals surface area contributed by atoms with Crippen LogP contribution in [0.25, 0.3) is 0 Å². The molecule has 0 aliphatic carbocycles. The summed E-state index contributed by atoms with van der Waals surface area (Å²) in [5, 5.41) is 0. The molecule has 85 valence electrons. The molecule has 1 saturated heterocycles. The fourth-order valence-corrected chi connectivity index (χ4v) is 2.89. The highest BCUT2D eigenvalue weighted by Crippen LogP contribution is 2.37. The standard InChI is InChI=1S/C12H14NO2S/c1-9-7-16-5-4-13(9)10-2-3-11-12(6-10)15-8-14-11/h2-3,5-6,9H,4,7-8H2,1H3. The predicted molar refractivity (Wildman–Crippen MR) is 66.1 cm³/mol. The highest BCUT2D eigenvalue weighted by atomic mass is 32.2. The molecule has 0 saturated carbocycles. The third-order valence-corrected chi connectivity index (χ3v) is 4.01. The minimum Gasteiger partial charge on any atom is -0.454 e. The number of ether oxygens (including phenoxy) is 2. The molecule has 1 fully saturated rings. The first-order valence-electron chi connectivity index (χ1n) is 5.44. The van der Waals surface area contributed by atoms with E-state index >= 15 is 0 Å². The van der Waals surface area contributed by atoms with Crippen LogP contribution in [0.2, 0.25) is 0 Å². The van der Waals surface area contributed by atoms with Crippen molar-refractivity contribution in [1.82, 2.24) is 0 Å². The van der Waals surface area contributed by atoms with Crippen molar-refractivity contribution in [2.75, 3.05) is 24.0 Å². The largest absolute Gasteiger partial charge is 0.454 e. The highest BCUT2D eigenvalue weighted by molar-refractivity contribution is 8.01. The van der Waals surface area contributed by atoms with Crippen LogP contribution in [-0.4, -0.2) is 25.1 Å². The van der Waals surface area contributed by atoms with Gasteiger partial charge in [-0.3, -0.25) is 0 Å². The maximum Gasteiger partial charge on any atom is 0.231 e. The molecule has 1 aromatic rings. The van der Waals surface area contributed by atoms with Gasteiger partial charge in [0.1, 0.15) is 0 Å². The van der Waals surface area contributed by atoms with E-state index in [2.05, 4.69) is 29.7 Å². The van der Waals surface area contributed by atoms with Crippen LogP contribution in [0.5, 0.6) is 11.5 Å². The van der Waals surface area contributed by atoms with Gasteiger partial charge in [0.2, 0.25) is 6.79 Å². The van der Waals surface area contributed by atoms with E-state index in [1.165, 1.54) is 5.69 Å². The summed E-state index contributed by atoms with van der Waals surface area (Å²) >= 11 is 1.90. The van der Waals surface area contributed by atoms with Gasteiger partial charge >= 0.3 is 0 Å². The first-order valence-corrected chi connectivity index (χ1v) is 6.49. The number of hydrogen-bond donors (Lipinski definition) is 0. The van der Waals surface area contributed by atoms with Gasteiger partial charge in [0.15, 0.2) is 11.5 Å². The second-order valence-electron chi connectivity index (χ2n) is 4.04. The third-order valence-electron chi connectivity index (χ3n) is 2.95. The van der Waals surface area contributed by atoms with E-state index in [4.69, 9.17) is 9.47 Å². The Morgan fingerprint density at radius 1 is 1.31 bits per heavy atom. The fraction of sp³-hybridized carbons (Fsp3) is 0.417. The Balaban J connectivity index is 1.88. The lowest BCUT2D eigenvalue weighted by Crippen LogP contribution is -2.38. The van der Waals surface area contributed by atoms with Crippen LogP contribution in [-0.2, 0) is 0 Å². The zero-order valence-electron chi connectivity index (χ0n) is 9.18. The summed E-state index contributed by atoms with van der Waals surface area (Å²) in [4.78, 5) is 2.39. The van der Waals surface area contributed by atoms with Gasteiger partial charge in [-0.25, -0.2) is 0 Å². The van der Waals surface area contributed by atoms with Crippen LogP contribution < -0.4 is 14.4 Å². The first-order chi connectivity index (χ1) is 7.84. The molecule has 3 nitrogen and oxygen atoms in total. The summed E-state index contributed by atoms with van der Waals surface area (Å²) in [6.45, 7) is 3.59. The molecule has 16 heavy (non-hydrogen) atoms. The van der Waals surface area contributed by atoms with Gasteiger partial charge < -0.3 is 14.4 Å². The molecule has 0 N–H and O–H groups in total. The predicted octanol–water partition coefficient (Wildman–Crippen LogP) is 2.52. The number of fused-ring (bicyclic) bond motifs is 1. The molecule has 2 aliphatic rings. The Labute approximate surface area is 99.7 Å². The lowest BCUT2D eigenvalue weighted by Gasteiger charge is -2.34. The van der Waals surface area contributed by atoms with Gasteiger partial charge in [-0.1, -0.05) is 0 Å². The molecule has 0 amide bonds. The maximum atomic E-state index is 5.40. The number of benzene rings is 1. The number of anilines is 1. The van der Waals surface area contributed by atoms with Crippen molar-refractivity contribution >= 4 is 17.4 Å². The Bertz CT molecular complexity index is 397. The summed E-state index contributed by atoms with van der Waals surface area (Å²) in [5.41, 5.74) is 1.22. The molecule has 0 bridgehead atoms. The minimum absolute atomic E-state index is 0.344. The normalized spacial score (nSPS) is 23.6. The monoisotopic (exact) mass is 236 g/mol. The van der Waals surface area contributed by atoms with Crippen molar-refractivity contribution < 1.29 is 9.47 Å². The van der Waals surface area contributed by atoms with E-state index in [0.717, 1.165) is 23.8 Å². The van der Waals surface area contributed by atoms with Crippen molar-refractivity contribution in [3.8, 4) is 11.5 Å². The van der Waals surface area contributed by atoms with E-state index in [1.54, 1.807) is 0 Å². The molecular weight excluding hydrogens is 222 g/mol. The summed E-state index contributed by atoms with van der Waals surface area (Å²) in [6.07, 6.45) is 0. The van der Waals surface area contributed by atoms with E-state index in [1.807, 2.05) is 17.8 Å². The van der Waals surface area contributed by atoms with E-state index in [-0.39, 0.29) is 0 Å². The van der Waals surface area contributed by atoms with Crippen LogP contribution in [0.3, 0.4) is 0 Å². The Morgan fingerprint density at radius 2 is 2.19 bits per heavy atom. The van der Waals surface area contributed by atoms with Crippen LogP contribution in [0.4, 0.5) is 5.69 Å². The average molecular weight is 236 g/mol. The number of hydrogen-bond acceptors (Lipinski definition) is 4. The lowest BCUT2D eigenvalue weighted by molar-refractivity contribution is 0.174. The molecule has 0 aromatic heterocycles. The Hall–Kier alpha value is -1.03. The van der Waals surface area contributed by atoms with Gasteiger partial charge in [0, 0.05) is 35.8 Å². The molecule has 0 spiro atoms. The molecule has 3 rings (SSSR count). The van der Waals surface area contributed by atoms with Crippen molar-refractivity contribution in [3.63, 3.8) is 0 Å². The molecule has 2 heterocycles. The summed E-state index contributed by atoms with van der Waals surface area (Å²) < 4.78 is 10.7. The average Bonchev–Trinajstić information content (AvgIpc) is 2.76. The number of thioether (sulfide) groups is 1. The first kappa shape index (κ1) is 10.1. The van der Waals surface area contributed by atoms with E-state index in [0.29, 0.717) is 12.8 Å². The second-order valence-corrected chi connectivity index (χ2v) is 5.04. The lowest BCUT2D eigenvalue weighted by atomic mass is 10.2. The molecule has 1 radical (unpaired) electrons. The van der Waals surface area contributed by atoms with Gasteiger partial charge in [0.25, 0.3) is 0 Å². The van der Waals surface area contributed by atoms with E-state index in [9.17, 15) is 0 Å². The minimum atomic E-state index is 0.344. The van der Waals surface area contributed by atoms with Gasteiger partial charge in [-0.2, -0.15) is 11.8 Å². The Kier molecular flexibility index (Phi) is 2.59. The van der Waals surface area contributed by atoms with Gasteiger partial charge in [-0.15, -0.1) is 0 Å². The molecule has 1 unspecified atom stereocenters. The molecule has 4 heteroatoms. The van der Waals surface area contributed by atoms with Gasteiger partial charge in [-0.05, 0) is 19.1 Å². The van der Waals surface area contributed by atoms with Crippen molar-refractivity contribution in [1.29, 1.82) is 0 Å². The molecular formula is C12H14NO2S. The number of nitrogens with zero attached hydrogens (tertiary/aromatic N) is 1. The van der Waals surface area contributed by atoms with Crippen LogP contribution in [0.15, 0.2) is 18.2 Å². The summed E-state index contributed by atoms with van der Waals surface area (Å²) in [5.74, 6) is 5.12. The summed E-state index contributed by atoms with van der Waals surface area (Å²) in [7, 11) is 0. The van der Waals surface area contributed by atoms with Crippen molar-refractivity contribution in [2.24, 2.45) is 0 Å². The highest BCUT2D eigenvalue weighted by Gasteiger charge is 2.21. The van der Waals surface area contributed by atoms with Gasteiger partial charge in [0.05, 0.1) is 0 Å². The maximum absolute atomic E-state index is 5.40. The second kappa shape index (κ2) is 4.09. The molecule has 1 atom stereocenters. The van der Waals surface area contributed by atoms with E-state index < -0.39 is 0 Å². The molecule has 2 aliphatic heterocycles. The van der Waals surface area contributed by atoms with Crippen LogP contribution in [0, 0.1) is 5.75 Å². The zero-order chi connectivity index (χ0) is 11.0. The Morgan fingerprint density at radius 3 is 3.06 bits per heavy atom. The van der Waals surface area contributed by atoms with Crippen LogP contribution >= 0.6 is 11.8 Å². The third kappa shape index (κ3) is 1.71. The quantitative estimate of drug-likeness (QED) is 0.747. The van der Waals surface area contributed by atoms with Crippen molar-refractivity contribution in [3.05, 3.63) is 24.0 Å². The zero-order valence-corrected chi connectivity index (χ0v) is 10.00.